The predicted molar refractivity (Wildman–Crippen MR) is 83.6 cm³/mol. The van der Waals surface area contributed by atoms with Gasteiger partial charge in [0.05, 0.1) is 25.0 Å². The Hall–Kier alpha value is -2.03. The largest absolute Gasteiger partial charge is 0.415 e. The maximum Gasteiger partial charge on any atom is 0.415 e. The first-order chi connectivity index (χ1) is 11.8. The van der Waals surface area contributed by atoms with Crippen molar-refractivity contribution < 1.29 is 23.1 Å². The van der Waals surface area contributed by atoms with Gasteiger partial charge in [0.1, 0.15) is 0 Å². The molecule has 10 heteroatoms. The molecule has 0 bridgehead atoms. The third-order valence-electron chi connectivity index (χ3n) is 4.25. The summed E-state index contributed by atoms with van der Waals surface area (Å²) in [6.45, 7) is -0.305. The number of halogens is 3. The highest BCUT2D eigenvalue weighted by Gasteiger charge is 2.45. The lowest BCUT2D eigenvalue weighted by Gasteiger charge is -2.43. The van der Waals surface area contributed by atoms with Gasteiger partial charge in [-0.2, -0.15) is 0 Å². The summed E-state index contributed by atoms with van der Waals surface area (Å²) in [6, 6.07) is -0.717. The Balaban J connectivity index is 1.70. The van der Waals surface area contributed by atoms with Crippen LogP contribution in [0, 0.1) is 0 Å². The smallest absolute Gasteiger partial charge is 0.407 e. The fraction of sp³-hybridized carbons (Fsp3) is 0.600. The van der Waals surface area contributed by atoms with E-state index in [0.717, 1.165) is 17.7 Å². The lowest BCUT2D eigenvalue weighted by atomic mass is 9.98. The number of piperidine rings is 2. The molecule has 0 unspecified atom stereocenters. The number of hydrogen-bond acceptors (Lipinski definition) is 5. The van der Waals surface area contributed by atoms with Crippen molar-refractivity contribution in [3.63, 3.8) is 0 Å². The topological polar surface area (TPSA) is 75.6 Å². The van der Waals surface area contributed by atoms with Gasteiger partial charge in [0.15, 0.2) is 5.75 Å². The standard InChI is InChI=1S/C15H17ClF2N4O3/c16-13-19-6-11(7-20-13)25-14(24)21-8-10(5-15(17,18)9-21)22-4-2-1-3-12(22)23/h6-7,10H,1-5,8-9H2/t10-/m1/s1. The molecule has 2 aliphatic heterocycles. The SMILES string of the molecule is O=C(Oc1cnc(Cl)nc1)N1C[C@H](N2CCCCC2=O)CC(F)(F)C1. The van der Waals surface area contributed by atoms with Crippen molar-refractivity contribution in [1.29, 1.82) is 0 Å². The van der Waals surface area contributed by atoms with Gasteiger partial charge in [-0.25, -0.2) is 23.5 Å². The molecule has 136 valence electrons. The average molecular weight is 375 g/mol. The van der Waals surface area contributed by atoms with Crippen LogP contribution in [0.15, 0.2) is 12.4 Å². The molecule has 0 aliphatic carbocycles. The monoisotopic (exact) mass is 374 g/mol. The van der Waals surface area contributed by atoms with Crippen LogP contribution in [-0.4, -0.2) is 63.4 Å². The maximum atomic E-state index is 14.1. The van der Waals surface area contributed by atoms with E-state index in [1.54, 1.807) is 0 Å². The van der Waals surface area contributed by atoms with E-state index < -0.39 is 31.0 Å². The Labute approximate surface area is 147 Å². The molecule has 0 saturated carbocycles. The molecule has 2 aliphatic rings. The van der Waals surface area contributed by atoms with E-state index in [0.29, 0.717) is 13.0 Å². The summed E-state index contributed by atoms with van der Waals surface area (Å²) in [6.07, 6.45) is 2.88. The number of carbonyl (C=O) groups is 2. The van der Waals surface area contributed by atoms with Gasteiger partial charge in [-0.1, -0.05) is 0 Å². The molecule has 0 N–H and O–H groups in total. The van der Waals surface area contributed by atoms with Crippen molar-refractivity contribution >= 4 is 23.6 Å². The van der Waals surface area contributed by atoms with Crippen molar-refractivity contribution in [1.82, 2.24) is 19.8 Å². The predicted octanol–water partition coefficient (Wildman–Crippen LogP) is 2.35. The zero-order chi connectivity index (χ0) is 18.0. The second-order valence-electron chi connectivity index (χ2n) is 6.19. The molecule has 1 aromatic rings. The quantitative estimate of drug-likeness (QED) is 0.743. The first-order valence-corrected chi connectivity index (χ1v) is 8.33. The van der Waals surface area contributed by atoms with Gasteiger partial charge in [0.25, 0.3) is 5.92 Å². The Morgan fingerprint density at radius 2 is 2.04 bits per heavy atom. The van der Waals surface area contributed by atoms with Crippen molar-refractivity contribution in [2.45, 2.75) is 37.6 Å². The molecule has 0 spiro atoms. The van der Waals surface area contributed by atoms with Crippen LogP contribution in [0.1, 0.15) is 25.7 Å². The number of alkyl halides is 2. The molecular weight excluding hydrogens is 358 g/mol. The van der Waals surface area contributed by atoms with Crippen LogP contribution in [-0.2, 0) is 4.79 Å². The molecule has 7 nitrogen and oxygen atoms in total. The molecule has 1 atom stereocenters. The third kappa shape index (κ3) is 4.33. The molecule has 2 amide bonds. The first-order valence-electron chi connectivity index (χ1n) is 7.96. The molecule has 3 heterocycles. The highest BCUT2D eigenvalue weighted by Crippen LogP contribution is 2.31. The third-order valence-corrected chi connectivity index (χ3v) is 4.44. The van der Waals surface area contributed by atoms with Gasteiger partial charge in [-0.3, -0.25) is 9.69 Å². The molecule has 2 saturated heterocycles. The normalized spacial score (nSPS) is 23.5. The van der Waals surface area contributed by atoms with Gasteiger partial charge in [-0.15, -0.1) is 0 Å². The number of rotatable bonds is 2. The van der Waals surface area contributed by atoms with Crippen LogP contribution >= 0.6 is 11.6 Å². The summed E-state index contributed by atoms with van der Waals surface area (Å²) in [4.78, 5) is 34.0. The van der Waals surface area contributed by atoms with Crippen LogP contribution < -0.4 is 4.74 Å². The number of carbonyl (C=O) groups excluding carboxylic acids is 2. The Morgan fingerprint density at radius 3 is 2.72 bits per heavy atom. The number of ether oxygens (including phenoxy) is 1. The zero-order valence-electron chi connectivity index (χ0n) is 13.3. The Bertz CT molecular complexity index is 659. The van der Waals surface area contributed by atoms with Crippen molar-refractivity contribution in [3.05, 3.63) is 17.7 Å². The van der Waals surface area contributed by atoms with Crippen LogP contribution in [0.5, 0.6) is 5.75 Å². The van der Waals surface area contributed by atoms with Crippen molar-refractivity contribution in [2.75, 3.05) is 19.6 Å². The minimum Gasteiger partial charge on any atom is -0.407 e. The van der Waals surface area contributed by atoms with Crippen LogP contribution in [0.25, 0.3) is 0 Å². The van der Waals surface area contributed by atoms with E-state index in [1.807, 2.05) is 0 Å². The van der Waals surface area contributed by atoms with Gasteiger partial charge >= 0.3 is 6.09 Å². The fourth-order valence-electron chi connectivity index (χ4n) is 3.15. The van der Waals surface area contributed by atoms with E-state index in [2.05, 4.69) is 9.97 Å². The molecule has 2 fully saturated rings. The highest BCUT2D eigenvalue weighted by atomic mass is 35.5. The first kappa shape index (κ1) is 17.8. The average Bonchev–Trinajstić information content (AvgIpc) is 2.56. The van der Waals surface area contributed by atoms with E-state index >= 15 is 0 Å². The lowest BCUT2D eigenvalue weighted by molar-refractivity contribution is -0.142. The number of likely N-dealkylation sites (tertiary alicyclic amines) is 2. The Kier molecular flexibility index (Phi) is 5.03. The number of hydrogen-bond donors (Lipinski definition) is 0. The fourth-order valence-corrected chi connectivity index (χ4v) is 3.25. The van der Waals surface area contributed by atoms with E-state index in [-0.39, 0.29) is 23.5 Å². The van der Waals surface area contributed by atoms with Gasteiger partial charge in [-0.05, 0) is 24.4 Å². The van der Waals surface area contributed by atoms with Crippen LogP contribution in [0.2, 0.25) is 5.28 Å². The zero-order valence-corrected chi connectivity index (χ0v) is 14.1. The minimum atomic E-state index is -3.09. The van der Waals surface area contributed by atoms with E-state index in [4.69, 9.17) is 16.3 Å². The molecule has 0 radical (unpaired) electrons. The summed E-state index contributed by atoms with van der Waals surface area (Å²) in [7, 11) is 0. The summed E-state index contributed by atoms with van der Waals surface area (Å²) in [5.41, 5.74) is 0. The summed E-state index contributed by atoms with van der Waals surface area (Å²) in [5.74, 6) is -3.22. The second kappa shape index (κ2) is 7.07. The molecule has 25 heavy (non-hydrogen) atoms. The molecule has 3 rings (SSSR count). The number of aromatic nitrogens is 2. The van der Waals surface area contributed by atoms with E-state index in [1.165, 1.54) is 17.3 Å². The van der Waals surface area contributed by atoms with Gasteiger partial charge in [0.2, 0.25) is 11.2 Å². The summed E-state index contributed by atoms with van der Waals surface area (Å²) < 4.78 is 33.2. The molecular formula is C15H17ClF2N4O3. The summed E-state index contributed by atoms with van der Waals surface area (Å²) in [5, 5.41) is -0.0204. The Morgan fingerprint density at radius 1 is 1.32 bits per heavy atom. The second-order valence-corrected chi connectivity index (χ2v) is 6.53. The number of amides is 2. The van der Waals surface area contributed by atoms with E-state index in [9.17, 15) is 18.4 Å². The lowest BCUT2D eigenvalue weighted by Crippen LogP contribution is -2.59. The van der Waals surface area contributed by atoms with Gasteiger partial charge in [0, 0.05) is 25.9 Å². The van der Waals surface area contributed by atoms with Crippen LogP contribution in [0.4, 0.5) is 13.6 Å². The molecule has 0 aromatic carbocycles. The van der Waals surface area contributed by atoms with Crippen molar-refractivity contribution in [2.24, 2.45) is 0 Å². The van der Waals surface area contributed by atoms with Crippen LogP contribution in [0.3, 0.4) is 0 Å². The minimum absolute atomic E-state index is 0.00823. The van der Waals surface area contributed by atoms with Gasteiger partial charge < -0.3 is 9.64 Å². The summed E-state index contributed by atoms with van der Waals surface area (Å²) >= 11 is 5.54. The molecule has 1 aromatic heterocycles. The number of nitrogens with zero attached hydrogens (tertiary/aromatic N) is 4. The van der Waals surface area contributed by atoms with Crippen molar-refractivity contribution in [3.8, 4) is 5.75 Å². The highest BCUT2D eigenvalue weighted by molar-refractivity contribution is 6.28. The maximum absolute atomic E-state index is 14.1.